The van der Waals surface area contributed by atoms with Crippen molar-refractivity contribution >= 4 is 27.4 Å². The lowest BCUT2D eigenvalue weighted by atomic mass is 10.0. The van der Waals surface area contributed by atoms with Gasteiger partial charge in [-0.15, -0.1) is 11.3 Å². The fourth-order valence-corrected chi connectivity index (χ4v) is 6.66. The standard InChI is InChI=1S/C25H27N3O7S2/c1-15-25(36-16(2)27-15)37(30,31)35-22-5-3-4-21-20(22)12-18(14-33-21)28-24(29)17-6-7-23(26-13-17)34-19-8-10-32-11-9-19/h3-7,13,18-19H,8-12,14H2,1-2H3,(H,28,29). The third kappa shape index (κ3) is 5.86. The number of amides is 1. The Hall–Kier alpha value is -3.22. The largest absolute Gasteiger partial charge is 0.491 e. The quantitative estimate of drug-likeness (QED) is 0.445. The third-order valence-corrected chi connectivity index (χ3v) is 8.94. The minimum absolute atomic E-state index is 0.0598. The molecule has 4 heterocycles. The molecule has 2 aliphatic heterocycles. The normalized spacial score (nSPS) is 17.9. The van der Waals surface area contributed by atoms with Crippen LogP contribution in [0.3, 0.4) is 0 Å². The van der Waals surface area contributed by atoms with Gasteiger partial charge in [0, 0.05) is 37.1 Å². The number of thiazole rings is 1. The van der Waals surface area contributed by atoms with E-state index >= 15 is 0 Å². The summed E-state index contributed by atoms with van der Waals surface area (Å²) in [6.45, 7) is 4.94. The van der Waals surface area contributed by atoms with Gasteiger partial charge in [0.15, 0.2) is 4.21 Å². The molecule has 5 rings (SSSR count). The second-order valence-electron chi connectivity index (χ2n) is 8.88. The van der Waals surface area contributed by atoms with Gasteiger partial charge in [-0.2, -0.15) is 8.42 Å². The molecule has 0 bridgehead atoms. The summed E-state index contributed by atoms with van der Waals surface area (Å²) in [7, 11) is -4.07. The van der Waals surface area contributed by atoms with E-state index in [1.807, 2.05) is 0 Å². The smallest absolute Gasteiger partial charge is 0.350 e. The summed E-state index contributed by atoms with van der Waals surface area (Å²) in [5, 5.41) is 3.57. The van der Waals surface area contributed by atoms with Gasteiger partial charge in [0.05, 0.1) is 35.5 Å². The predicted octanol–water partition coefficient (Wildman–Crippen LogP) is 3.21. The van der Waals surface area contributed by atoms with Gasteiger partial charge in [-0.1, -0.05) is 6.07 Å². The van der Waals surface area contributed by atoms with Crippen molar-refractivity contribution in [2.45, 2.75) is 49.5 Å². The van der Waals surface area contributed by atoms with Gasteiger partial charge in [0.2, 0.25) is 5.88 Å². The zero-order chi connectivity index (χ0) is 26.0. The molecule has 0 spiro atoms. The number of rotatable bonds is 7. The Kier molecular flexibility index (Phi) is 7.31. The maximum absolute atomic E-state index is 12.9. The van der Waals surface area contributed by atoms with Gasteiger partial charge in [-0.05, 0) is 32.0 Å². The summed E-state index contributed by atoms with van der Waals surface area (Å²) in [5.74, 6) is 0.835. The molecule has 1 aromatic carbocycles. The molecular weight excluding hydrogens is 518 g/mol. The van der Waals surface area contributed by atoms with Crippen molar-refractivity contribution in [2.24, 2.45) is 0 Å². The van der Waals surface area contributed by atoms with E-state index in [0.717, 1.165) is 24.2 Å². The first kappa shape index (κ1) is 25.4. The zero-order valence-corrected chi connectivity index (χ0v) is 22.1. The minimum Gasteiger partial charge on any atom is -0.491 e. The molecule has 0 aliphatic carbocycles. The molecule has 12 heteroatoms. The maximum atomic E-state index is 12.9. The van der Waals surface area contributed by atoms with E-state index in [2.05, 4.69) is 15.3 Å². The van der Waals surface area contributed by atoms with E-state index in [9.17, 15) is 13.2 Å². The summed E-state index contributed by atoms with van der Waals surface area (Å²) >= 11 is 1.06. The van der Waals surface area contributed by atoms with E-state index in [4.69, 9.17) is 18.4 Å². The number of nitrogens with zero attached hydrogens (tertiary/aromatic N) is 2. The van der Waals surface area contributed by atoms with Gasteiger partial charge in [-0.3, -0.25) is 4.79 Å². The molecule has 1 atom stereocenters. The summed E-state index contributed by atoms with van der Waals surface area (Å²) < 4.78 is 48.5. The van der Waals surface area contributed by atoms with Crippen molar-refractivity contribution < 1.29 is 31.6 Å². The van der Waals surface area contributed by atoms with E-state index in [1.165, 1.54) is 6.20 Å². The monoisotopic (exact) mass is 545 g/mol. The number of carbonyl (C=O) groups excluding carboxylic acids is 1. The molecular formula is C25H27N3O7S2. The number of fused-ring (bicyclic) bond motifs is 1. The first-order chi connectivity index (χ1) is 17.8. The number of aryl methyl sites for hydroxylation is 2. The van der Waals surface area contributed by atoms with Crippen LogP contribution >= 0.6 is 11.3 Å². The van der Waals surface area contributed by atoms with Crippen molar-refractivity contribution in [2.75, 3.05) is 19.8 Å². The second-order valence-corrected chi connectivity index (χ2v) is 11.8. The van der Waals surface area contributed by atoms with Crippen molar-refractivity contribution in [1.82, 2.24) is 15.3 Å². The summed E-state index contributed by atoms with van der Waals surface area (Å²) in [5.41, 5.74) is 1.35. The summed E-state index contributed by atoms with van der Waals surface area (Å²) in [6, 6.07) is 7.94. The van der Waals surface area contributed by atoms with Crippen molar-refractivity contribution in [3.63, 3.8) is 0 Å². The van der Waals surface area contributed by atoms with Gasteiger partial charge in [0.1, 0.15) is 24.2 Å². The van der Waals surface area contributed by atoms with Crippen molar-refractivity contribution in [3.8, 4) is 17.4 Å². The Balaban J connectivity index is 1.25. The summed E-state index contributed by atoms with van der Waals surface area (Å²) in [6.07, 6.45) is 3.49. The molecule has 1 fully saturated rings. The fourth-order valence-electron chi connectivity index (χ4n) is 4.27. The number of pyridine rings is 1. The molecule has 1 saturated heterocycles. The van der Waals surface area contributed by atoms with Gasteiger partial charge in [-0.25, -0.2) is 9.97 Å². The molecule has 1 amide bonds. The first-order valence-electron chi connectivity index (χ1n) is 11.9. The van der Waals surface area contributed by atoms with Crippen LogP contribution < -0.4 is 19.0 Å². The lowest BCUT2D eigenvalue weighted by Gasteiger charge is -2.27. The fraction of sp³-hybridized carbons (Fsp3) is 0.400. The Labute approximate surface area is 219 Å². The maximum Gasteiger partial charge on any atom is 0.350 e. The number of benzene rings is 1. The van der Waals surface area contributed by atoms with Crippen LogP contribution in [-0.2, 0) is 21.3 Å². The van der Waals surface area contributed by atoms with Crippen LogP contribution in [-0.4, -0.2) is 56.3 Å². The predicted molar refractivity (Wildman–Crippen MR) is 135 cm³/mol. The van der Waals surface area contributed by atoms with E-state index in [0.29, 0.717) is 53.1 Å². The van der Waals surface area contributed by atoms with Crippen LogP contribution in [0.1, 0.15) is 39.5 Å². The minimum atomic E-state index is -4.07. The zero-order valence-electron chi connectivity index (χ0n) is 20.4. The topological polar surface area (TPSA) is 126 Å². The van der Waals surface area contributed by atoms with Crippen LogP contribution in [0, 0.1) is 13.8 Å². The van der Waals surface area contributed by atoms with Crippen LogP contribution in [0.5, 0.6) is 17.4 Å². The molecule has 3 aromatic rings. The molecule has 0 saturated carbocycles. The molecule has 37 heavy (non-hydrogen) atoms. The molecule has 2 aliphatic rings. The van der Waals surface area contributed by atoms with Gasteiger partial charge >= 0.3 is 10.1 Å². The van der Waals surface area contributed by atoms with Gasteiger partial charge < -0.3 is 23.7 Å². The molecule has 2 aromatic heterocycles. The van der Waals surface area contributed by atoms with Crippen LogP contribution in [0.25, 0.3) is 0 Å². The van der Waals surface area contributed by atoms with Crippen LogP contribution in [0.4, 0.5) is 0 Å². The summed E-state index contributed by atoms with van der Waals surface area (Å²) in [4.78, 5) is 21.3. The van der Waals surface area contributed by atoms with E-state index < -0.39 is 16.2 Å². The van der Waals surface area contributed by atoms with E-state index in [1.54, 1.807) is 44.2 Å². The molecule has 1 unspecified atom stereocenters. The van der Waals surface area contributed by atoms with E-state index in [-0.39, 0.29) is 28.6 Å². The molecule has 196 valence electrons. The lowest BCUT2D eigenvalue weighted by molar-refractivity contribution is 0.0237. The van der Waals surface area contributed by atoms with Crippen molar-refractivity contribution in [3.05, 3.63) is 58.4 Å². The third-order valence-electron chi connectivity index (χ3n) is 6.06. The molecule has 0 radical (unpaired) electrons. The van der Waals surface area contributed by atoms with Crippen LogP contribution in [0.15, 0.2) is 40.7 Å². The molecule has 1 N–H and O–H groups in total. The Morgan fingerprint density at radius 1 is 1.16 bits per heavy atom. The van der Waals surface area contributed by atoms with Crippen LogP contribution in [0.2, 0.25) is 0 Å². The Morgan fingerprint density at radius 2 is 1.97 bits per heavy atom. The number of hydrogen-bond donors (Lipinski definition) is 1. The highest BCUT2D eigenvalue weighted by molar-refractivity contribution is 7.89. The SMILES string of the molecule is Cc1nc(C)c(S(=O)(=O)Oc2cccc3c2CC(NC(=O)c2ccc(OC4CCOCC4)nc2)CO3)s1. The highest BCUT2D eigenvalue weighted by atomic mass is 32.3. The average Bonchev–Trinajstić information content (AvgIpc) is 3.24. The number of carbonyl (C=O) groups is 1. The molecule has 10 nitrogen and oxygen atoms in total. The number of hydrogen-bond acceptors (Lipinski definition) is 10. The highest BCUT2D eigenvalue weighted by Crippen LogP contribution is 2.35. The first-order valence-corrected chi connectivity index (χ1v) is 14.2. The number of ether oxygens (including phenoxy) is 3. The van der Waals surface area contributed by atoms with Gasteiger partial charge in [0.25, 0.3) is 5.91 Å². The lowest BCUT2D eigenvalue weighted by Crippen LogP contribution is -2.42. The highest BCUT2D eigenvalue weighted by Gasteiger charge is 2.29. The number of aromatic nitrogens is 2. The number of nitrogens with one attached hydrogen (secondary N) is 1. The Bertz CT molecular complexity index is 1380. The van der Waals surface area contributed by atoms with Crippen molar-refractivity contribution in [1.29, 1.82) is 0 Å². The Morgan fingerprint density at radius 3 is 2.68 bits per heavy atom. The average molecular weight is 546 g/mol. The second kappa shape index (κ2) is 10.6.